The summed E-state index contributed by atoms with van der Waals surface area (Å²) in [6, 6.07) is -0.951. The first-order valence-corrected chi connectivity index (χ1v) is 13.8. The second kappa shape index (κ2) is 10.3. The number of nitrogens with one attached hydrogen (secondary N) is 2. The van der Waals surface area contributed by atoms with Crippen LogP contribution in [0.1, 0.15) is 18.2 Å². The SMILES string of the molecule is Cc1cn([C@H]2C[C@H](N=[N+]=[N-])[C@@H](COP(O)(=S)OP(=O)(O)OP(=O)(O)NO)O2)c(=O)[nH]c1=O. The molecule has 1 aromatic heterocycles. The molecule has 0 bridgehead atoms. The second-order valence-corrected chi connectivity index (χ2v) is 12.2. The summed E-state index contributed by atoms with van der Waals surface area (Å²) in [7, 11) is -10.6. The van der Waals surface area contributed by atoms with Crippen LogP contribution in [0.15, 0.2) is 20.9 Å². The molecule has 22 heteroatoms. The highest BCUT2D eigenvalue weighted by atomic mass is 32.5. The first kappa shape index (κ1) is 27.0. The maximum Gasteiger partial charge on any atom is 0.487 e. The van der Waals surface area contributed by atoms with Crippen LogP contribution in [0.3, 0.4) is 0 Å². The minimum Gasteiger partial charge on any atom is -0.352 e. The zero-order valence-corrected chi connectivity index (χ0v) is 19.3. The van der Waals surface area contributed by atoms with Crippen LogP contribution in [0.2, 0.25) is 0 Å². The number of aromatic amines is 1. The molecule has 3 unspecified atom stereocenters. The molecule has 0 amide bonds. The number of ether oxygens (including phenoxy) is 1. The van der Waals surface area contributed by atoms with Gasteiger partial charge in [-0.2, -0.15) is 4.31 Å². The topological polar surface area (TPSA) is 268 Å². The van der Waals surface area contributed by atoms with E-state index in [1.165, 1.54) is 13.1 Å². The average molecular weight is 538 g/mol. The summed E-state index contributed by atoms with van der Waals surface area (Å²) in [6.45, 7) is -3.82. The molecule has 180 valence electrons. The molecule has 1 fully saturated rings. The molecule has 1 aromatic rings. The Kier molecular flexibility index (Phi) is 8.72. The standard InChI is InChI=1S/C10H17N6O12P3S/c1-5-3-16(10(18)12-9(5)17)8-2-6(13-14-11)7(26-8)4-25-31(24,32)28-30(22,23)27-29(20,21)15-19/h3,6-8,19H,2,4H2,1H3,(H,22,23)(H,24,32)(H,12,17,18)(H2,15,20,21)/t6-,7+,8+,31?/m0/s1. The van der Waals surface area contributed by atoms with E-state index in [0.717, 1.165) is 9.82 Å². The van der Waals surface area contributed by atoms with Crippen molar-refractivity contribution in [3.05, 3.63) is 43.0 Å². The smallest absolute Gasteiger partial charge is 0.352 e. The van der Waals surface area contributed by atoms with Gasteiger partial charge in [0.15, 0.2) is 0 Å². The lowest BCUT2D eigenvalue weighted by molar-refractivity contribution is -0.0242. The van der Waals surface area contributed by atoms with Crippen LogP contribution in [0.25, 0.3) is 10.4 Å². The van der Waals surface area contributed by atoms with Crippen molar-refractivity contribution in [3.63, 3.8) is 0 Å². The predicted octanol–water partition coefficient (Wildman–Crippen LogP) is 0.258. The number of rotatable bonds is 10. The summed E-state index contributed by atoms with van der Waals surface area (Å²) in [5, 5.41) is 12.6. The third-order valence-corrected chi connectivity index (χ3v) is 8.81. The molecule has 0 radical (unpaired) electrons. The van der Waals surface area contributed by atoms with Crippen LogP contribution >= 0.6 is 22.3 Å². The van der Waals surface area contributed by atoms with Gasteiger partial charge in [-0.1, -0.05) is 5.11 Å². The van der Waals surface area contributed by atoms with Crippen molar-refractivity contribution in [3.8, 4) is 0 Å². The van der Waals surface area contributed by atoms with Crippen molar-refractivity contribution < 1.29 is 46.9 Å². The number of hydrogen-bond acceptors (Lipinski definition) is 11. The average Bonchev–Trinajstić information content (AvgIpc) is 3.04. The van der Waals surface area contributed by atoms with E-state index in [-0.39, 0.29) is 12.0 Å². The molecule has 6 N–H and O–H groups in total. The Labute approximate surface area is 182 Å². The van der Waals surface area contributed by atoms with E-state index in [0.29, 0.717) is 0 Å². The van der Waals surface area contributed by atoms with Crippen LogP contribution in [-0.2, 0) is 38.8 Å². The first-order valence-electron chi connectivity index (χ1n) is 8.17. The number of aryl methyl sites for hydroxylation is 1. The second-order valence-electron chi connectivity index (χ2n) is 6.13. The van der Waals surface area contributed by atoms with Gasteiger partial charge in [0.1, 0.15) is 6.23 Å². The molecule has 18 nitrogen and oxygen atoms in total. The Balaban J connectivity index is 2.13. The highest BCUT2D eigenvalue weighted by molar-refractivity contribution is 8.08. The van der Waals surface area contributed by atoms with Crippen LogP contribution in [0.4, 0.5) is 0 Å². The van der Waals surface area contributed by atoms with E-state index in [4.69, 9.17) is 24.9 Å². The molecule has 0 saturated carbocycles. The summed E-state index contributed by atoms with van der Waals surface area (Å²) in [4.78, 5) is 56.6. The largest absolute Gasteiger partial charge is 0.487 e. The van der Waals surface area contributed by atoms with Gasteiger partial charge in [0.25, 0.3) is 5.56 Å². The van der Waals surface area contributed by atoms with Crippen molar-refractivity contribution >= 4 is 34.1 Å². The summed E-state index contributed by atoms with van der Waals surface area (Å²) < 4.78 is 42.2. The Morgan fingerprint density at radius 3 is 2.66 bits per heavy atom. The summed E-state index contributed by atoms with van der Waals surface area (Å²) in [6.07, 6.45) is -0.961. The summed E-state index contributed by atoms with van der Waals surface area (Å²) in [5.74, 6) is 0. The van der Waals surface area contributed by atoms with Crippen LogP contribution in [-0.4, -0.2) is 48.2 Å². The molecule has 1 aliphatic heterocycles. The van der Waals surface area contributed by atoms with E-state index in [1.54, 1.807) is 0 Å². The van der Waals surface area contributed by atoms with Crippen molar-refractivity contribution in [1.29, 1.82) is 0 Å². The number of H-pyrrole nitrogens is 1. The first-order chi connectivity index (χ1) is 14.7. The Hall–Kier alpha value is -1.26. The molecule has 2 heterocycles. The maximum atomic E-state index is 12.0. The Morgan fingerprint density at radius 2 is 2.06 bits per heavy atom. The molecule has 1 aliphatic rings. The molecule has 32 heavy (non-hydrogen) atoms. The lowest BCUT2D eigenvalue weighted by Gasteiger charge is -2.22. The summed E-state index contributed by atoms with van der Waals surface area (Å²) in [5.41, 5.74) is 7.54. The van der Waals surface area contributed by atoms with Crippen LogP contribution in [0, 0.1) is 6.92 Å². The van der Waals surface area contributed by atoms with E-state index < -0.39 is 58.5 Å². The Bertz CT molecular complexity index is 1160. The normalized spacial score (nSPS) is 26.5. The summed E-state index contributed by atoms with van der Waals surface area (Å²) >= 11 is 4.53. The molecule has 0 spiro atoms. The van der Waals surface area contributed by atoms with Gasteiger partial charge in [-0.3, -0.25) is 14.3 Å². The molecular weight excluding hydrogens is 521 g/mol. The molecule has 1 saturated heterocycles. The van der Waals surface area contributed by atoms with Crippen molar-refractivity contribution in [2.45, 2.75) is 31.7 Å². The van der Waals surface area contributed by atoms with Crippen molar-refractivity contribution in [2.75, 3.05) is 6.61 Å². The molecule has 2 rings (SSSR count). The van der Waals surface area contributed by atoms with Gasteiger partial charge in [0, 0.05) is 23.1 Å². The van der Waals surface area contributed by atoms with Crippen LogP contribution in [0.5, 0.6) is 0 Å². The van der Waals surface area contributed by atoms with Gasteiger partial charge < -0.3 is 29.1 Å². The lowest BCUT2D eigenvalue weighted by Crippen LogP contribution is -2.33. The van der Waals surface area contributed by atoms with Gasteiger partial charge in [-0.15, -0.1) is 5.25 Å². The third kappa shape index (κ3) is 7.38. The van der Waals surface area contributed by atoms with E-state index in [1.807, 2.05) is 0 Å². The van der Waals surface area contributed by atoms with E-state index in [2.05, 4.69) is 35.4 Å². The van der Waals surface area contributed by atoms with Gasteiger partial charge in [-0.05, 0) is 24.3 Å². The lowest BCUT2D eigenvalue weighted by atomic mass is 10.1. The van der Waals surface area contributed by atoms with Gasteiger partial charge >= 0.3 is 28.0 Å². The Morgan fingerprint density at radius 1 is 1.41 bits per heavy atom. The van der Waals surface area contributed by atoms with Crippen LogP contribution < -0.4 is 16.5 Å². The highest BCUT2D eigenvalue weighted by Gasteiger charge is 2.41. The van der Waals surface area contributed by atoms with E-state index >= 15 is 0 Å². The van der Waals surface area contributed by atoms with Crippen molar-refractivity contribution in [2.24, 2.45) is 5.11 Å². The van der Waals surface area contributed by atoms with Gasteiger partial charge in [0.05, 0.1) is 18.8 Å². The fourth-order valence-corrected chi connectivity index (χ4v) is 6.68. The molecular formula is C10H17N6O12P3S. The number of hydrogen-bond donors (Lipinski definition) is 6. The van der Waals surface area contributed by atoms with Gasteiger partial charge in [0.2, 0.25) is 0 Å². The minimum absolute atomic E-state index is 0.0455. The monoisotopic (exact) mass is 538 g/mol. The number of aromatic nitrogens is 2. The maximum absolute atomic E-state index is 12.0. The zero-order valence-electron chi connectivity index (χ0n) is 15.8. The zero-order chi connectivity index (χ0) is 24.3. The fourth-order valence-electron chi connectivity index (χ4n) is 2.52. The number of phosphoric acid groups is 1. The predicted molar refractivity (Wildman–Crippen MR) is 107 cm³/mol. The highest BCUT2D eigenvalue weighted by Crippen LogP contribution is 2.66. The number of nitrogens with zero attached hydrogens (tertiary/aromatic N) is 4. The molecule has 6 atom stereocenters. The molecule has 0 aliphatic carbocycles. The quantitative estimate of drug-likeness (QED) is 0.0767. The molecule has 0 aromatic carbocycles. The van der Waals surface area contributed by atoms with E-state index in [9.17, 15) is 28.5 Å². The van der Waals surface area contributed by atoms with Crippen molar-refractivity contribution in [1.82, 2.24) is 14.8 Å². The van der Waals surface area contributed by atoms with Gasteiger partial charge in [-0.25, -0.2) is 18.2 Å². The minimum atomic E-state index is -5.49. The third-order valence-electron chi connectivity index (χ3n) is 3.81. The fraction of sp³-hybridized carbons (Fsp3) is 0.600. The number of azide groups is 1.